The molecule has 0 amide bonds. The van der Waals surface area contributed by atoms with Crippen molar-refractivity contribution in [1.82, 2.24) is 9.80 Å². The van der Waals surface area contributed by atoms with E-state index in [0.29, 0.717) is 6.04 Å². The summed E-state index contributed by atoms with van der Waals surface area (Å²) in [6, 6.07) is 0.573. The van der Waals surface area contributed by atoms with Crippen LogP contribution >= 0.6 is 0 Å². The number of hydrogen-bond acceptors (Lipinski definition) is 2. The Morgan fingerprint density at radius 2 is 1.14 bits per heavy atom. The van der Waals surface area contributed by atoms with Gasteiger partial charge in [0.15, 0.2) is 0 Å². The lowest BCUT2D eigenvalue weighted by Crippen LogP contribution is -2.64. The second-order valence-corrected chi connectivity index (χ2v) is 5.72. The third-order valence-corrected chi connectivity index (χ3v) is 4.27. The Kier molecular flexibility index (Phi) is 4.17. The highest BCUT2D eigenvalue weighted by Crippen LogP contribution is 2.31. The van der Waals surface area contributed by atoms with Crippen LogP contribution in [0.2, 0.25) is 0 Å². The molecule has 0 aromatic carbocycles. The molecule has 0 heterocycles. The van der Waals surface area contributed by atoms with Gasteiger partial charge in [-0.15, -0.1) is 0 Å². The molecule has 0 N–H and O–H groups in total. The van der Waals surface area contributed by atoms with Crippen molar-refractivity contribution in [3.05, 3.63) is 0 Å². The third kappa shape index (κ3) is 2.29. The highest BCUT2D eigenvalue weighted by Gasteiger charge is 2.42. The molecule has 0 atom stereocenters. The summed E-state index contributed by atoms with van der Waals surface area (Å²) in [5.74, 6) is 0. The number of hydrogen-bond donors (Lipinski definition) is 0. The molecule has 0 aliphatic heterocycles. The van der Waals surface area contributed by atoms with Crippen molar-refractivity contribution in [2.45, 2.75) is 58.7 Å². The topological polar surface area (TPSA) is 6.48 Å². The van der Waals surface area contributed by atoms with Crippen molar-refractivity contribution >= 4 is 0 Å². The van der Waals surface area contributed by atoms with Gasteiger partial charge in [-0.2, -0.15) is 0 Å². The molecule has 0 aromatic rings. The van der Waals surface area contributed by atoms with Gasteiger partial charge in [0.1, 0.15) is 0 Å². The van der Waals surface area contributed by atoms with E-state index in [0.717, 1.165) is 0 Å². The van der Waals surface area contributed by atoms with E-state index in [1.54, 1.807) is 0 Å². The number of nitrogens with zero attached hydrogens (tertiary/aromatic N) is 2. The second kappa shape index (κ2) is 4.19. The van der Waals surface area contributed by atoms with Crippen LogP contribution in [0.15, 0.2) is 0 Å². The van der Waals surface area contributed by atoms with E-state index in [2.05, 4.69) is 72.5 Å². The monoisotopic (exact) mass is 200 g/mol. The maximum atomic E-state index is 2.44. The van der Waals surface area contributed by atoms with Gasteiger partial charge in [0.25, 0.3) is 0 Å². The van der Waals surface area contributed by atoms with Gasteiger partial charge in [-0.3, -0.25) is 4.90 Å². The first-order valence-electron chi connectivity index (χ1n) is 5.45. The molecule has 0 aromatic heterocycles. The third-order valence-electron chi connectivity index (χ3n) is 4.27. The molecule has 0 aliphatic carbocycles. The molecule has 0 saturated carbocycles. The van der Waals surface area contributed by atoms with Crippen molar-refractivity contribution < 1.29 is 0 Å². The summed E-state index contributed by atoms with van der Waals surface area (Å²) in [5, 5.41) is 0. The summed E-state index contributed by atoms with van der Waals surface area (Å²) in [6.45, 7) is 13.7. The number of likely N-dealkylation sites (N-methyl/N-ethyl adjacent to an activating group) is 2. The molecule has 2 heteroatoms. The minimum Gasteiger partial charge on any atom is -0.302 e. The van der Waals surface area contributed by atoms with Crippen LogP contribution in [0.3, 0.4) is 0 Å². The summed E-state index contributed by atoms with van der Waals surface area (Å²) in [5.41, 5.74) is 0.316. The van der Waals surface area contributed by atoms with E-state index in [4.69, 9.17) is 0 Å². The Morgan fingerprint density at radius 1 is 0.786 bits per heavy atom. The molecule has 0 unspecified atom stereocenters. The summed E-state index contributed by atoms with van der Waals surface area (Å²) in [7, 11) is 6.50. The molecule has 0 radical (unpaired) electrons. The molecule has 14 heavy (non-hydrogen) atoms. The van der Waals surface area contributed by atoms with Gasteiger partial charge in [0.05, 0.1) is 0 Å². The zero-order chi connectivity index (χ0) is 11.7. The SMILES string of the molecule is CC(C)N(C)C(C)(C)C(C)(C)N(C)C. The Bertz CT molecular complexity index is 181. The Morgan fingerprint density at radius 3 is 1.36 bits per heavy atom. The highest BCUT2D eigenvalue weighted by molar-refractivity contribution is 5.01. The largest absolute Gasteiger partial charge is 0.302 e. The molecule has 0 rings (SSSR count). The molecular weight excluding hydrogens is 172 g/mol. The van der Waals surface area contributed by atoms with E-state index in [-0.39, 0.29) is 11.1 Å². The van der Waals surface area contributed by atoms with Crippen molar-refractivity contribution in [1.29, 1.82) is 0 Å². The lowest BCUT2D eigenvalue weighted by Gasteiger charge is -2.52. The fourth-order valence-corrected chi connectivity index (χ4v) is 1.62. The fraction of sp³-hybridized carbons (Fsp3) is 1.00. The normalized spacial score (nSPS) is 14.6. The van der Waals surface area contributed by atoms with E-state index in [1.807, 2.05) is 0 Å². The maximum Gasteiger partial charge on any atom is 0.0331 e. The smallest absolute Gasteiger partial charge is 0.0331 e. The molecular formula is C12H28N2. The molecule has 0 saturated heterocycles. The second-order valence-electron chi connectivity index (χ2n) is 5.72. The van der Waals surface area contributed by atoms with Crippen LogP contribution in [0.25, 0.3) is 0 Å². The van der Waals surface area contributed by atoms with Crippen molar-refractivity contribution in [3.63, 3.8) is 0 Å². The van der Waals surface area contributed by atoms with Gasteiger partial charge < -0.3 is 4.90 Å². The first-order valence-corrected chi connectivity index (χ1v) is 5.45. The summed E-state index contributed by atoms with van der Waals surface area (Å²) in [6.07, 6.45) is 0. The zero-order valence-corrected chi connectivity index (χ0v) is 11.5. The van der Waals surface area contributed by atoms with Gasteiger partial charge in [0.2, 0.25) is 0 Å². The first-order chi connectivity index (χ1) is 6.05. The maximum absolute atomic E-state index is 2.44. The predicted molar refractivity (Wildman–Crippen MR) is 64.7 cm³/mol. The minimum absolute atomic E-state index is 0.157. The van der Waals surface area contributed by atoms with Crippen molar-refractivity contribution in [2.24, 2.45) is 0 Å². The summed E-state index contributed by atoms with van der Waals surface area (Å²) < 4.78 is 0. The average molecular weight is 200 g/mol. The molecule has 86 valence electrons. The van der Waals surface area contributed by atoms with E-state index in [1.165, 1.54) is 0 Å². The highest BCUT2D eigenvalue weighted by atomic mass is 15.3. The Balaban J connectivity index is 4.93. The standard InChI is InChI=1S/C12H28N2/c1-10(2)14(9)12(5,6)11(3,4)13(7)8/h10H,1-9H3. The quantitative estimate of drug-likeness (QED) is 0.688. The van der Waals surface area contributed by atoms with E-state index < -0.39 is 0 Å². The van der Waals surface area contributed by atoms with Crippen LogP contribution in [0.1, 0.15) is 41.5 Å². The van der Waals surface area contributed by atoms with Crippen molar-refractivity contribution in [3.8, 4) is 0 Å². The lowest BCUT2D eigenvalue weighted by molar-refractivity contribution is -0.0146. The Labute approximate surface area is 90.3 Å². The first kappa shape index (κ1) is 13.9. The van der Waals surface area contributed by atoms with E-state index in [9.17, 15) is 0 Å². The van der Waals surface area contributed by atoms with Gasteiger partial charge in [-0.05, 0) is 62.7 Å². The molecule has 0 spiro atoms. The van der Waals surface area contributed by atoms with Gasteiger partial charge in [0, 0.05) is 17.1 Å². The van der Waals surface area contributed by atoms with Crippen LogP contribution in [-0.4, -0.2) is 48.1 Å². The predicted octanol–water partition coefficient (Wildman–Crippen LogP) is 2.45. The molecule has 2 nitrogen and oxygen atoms in total. The number of rotatable bonds is 4. The van der Waals surface area contributed by atoms with Crippen LogP contribution < -0.4 is 0 Å². The molecule has 0 fully saturated rings. The van der Waals surface area contributed by atoms with Gasteiger partial charge in [-0.1, -0.05) is 0 Å². The summed E-state index contributed by atoms with van der Waals surface area (Å²) >= 11 is 0. The minimum atomic E-state index is 0.157. The van der Waals surface area contributed by atoms with Crippen LogP contribution in [-0.2, 0) is 0 Å². The van der Waals surface area contributed by atoms with E-state index >= 15 is 0 Å². The summed E-state index contributed by atoms with van der Waals surface area (Å²) in [4.78, 5) is 4.73. The van der Waals surface area contributed by atoms with Gasteiger partial charge >= 0.3 is 0 Å². The molecule has 0 bridgehead atoms. The van der Waals surface area contributed by atoms with Crippen LogP contribution in [0, 0.1) is 0 Å². The average Bonchev–Trinajstić information content (AvgIpc) is 2.01. The fourth-order valence-electron chi connectivity index (χ4n) is 1.62. The van der Waals surface area contributed by atoms with Gasteiger partial charge in [-0.25, -0.2) is 0 Å². The van der Waals surface area contributed by atoms with Crippen molar-refractivity contribution in [2.75, 3.05) is 21.1 Å². The molecule has 0 aliphatic rings. The zero-order valence-electron chi connectivity index (χ0n) is 11.5. The van der Waals surface area contributed by atoms with Crippen LogP contribution in [0.5, 0.6) is 0 Å². The lowest BCUT2D eigenvalue weighted by atomic mass is 9.79. The Hall–Kier alpha value is -0.0800. The van der Waals surface area contributed by atoms with Crippen LogP contribution in [0.4, 0.5) is 0 Å².